The maximum atomic E-state index is 13.5. The summed E-state index contributed by atoms with van der Waals surface area (Å²) in [5, 5.41) is -0.0110. The van der Waals surface area contributed by atoms with E-state index in [-0.39, 0.29) is 11.1 Å². The Morgan fingerprint density at radius 1 is 1.50 bits per heavy atom. The van der Waals surface area contributed by atoms with Gasteiger partial charge in [-0.25, -0.2) is 4.39 Å². The smallest absolute Gasteiger partial charge is 0.131 e. The second kappa shape index (κ2) is 2.49. The van der Waals surface area contributed by atoms with E-state index in [9.17, 15) is 4.39 Å². The van der Waals surface area contributed by atoms with Crippen LogP contribution in [0.4, 0.5) is 4.39 Å². The molecule has 0 radical (unpaired) electrons. The average Bonchev–Trinajstić information content (AvgIpc) is 2.63. The van der Waals surface area contributed by atoms with Gasteiger partial charge < -0.3 is 0 Å². The molecule has 0 aliphatic heterocycles. The Morgan fingerprint density at radius 3 is 2.75 bits per heavy atom. The van der Waals surface area contributed by atoms with Gasteiger partial charge in [0.15, 0.2) is 0 Å². The monoisotopic (exact) mass is 182 g/mol. The fourth-order valence-corrected chi connectivity index (χ4v) is 1.84. The van der Waals surface area contributed by atoms with E-state index in [1.54, 1.807) is 0 Å². The van der Waals surface area contributed by atoms with Gasteiger partial charge in [-0.2, -0.15) is 12.6 Å². The summed E-state index contributed by atoms with van der Waals surface area (Å²) in [7, 11) is 0. The topological polar surface area (TPSA) is 0 Å². The van der Waals surface area contributed by atoms with Crippen molar-refractivity contribution in [3.05, 3.63) is 34.6 Å². The van der Waals surface area contributed by atoms with E-state index < -0.39 is 0 Å². The van der Waals surface area contributed by atoms with Crippen LogP contribution in [-0.4, -0.2) is 0 Å². The van der Waals surface area contributed by atoms with Crippen LogP contribution in [0.25, 0.3) is 0 Å². The molecule has 1 aromatic carbocycles. The molecule has 2 unspecified atom stereocenters. The lowest BCUT2D eigenvalue weighted by molar-refractivity contribution is 0.606. The van der Waals surface area contributed by atoms with Crippen LogP contribution in [0.15, 0.2) is 12.1 Å². The van der Waals surface area contributed by atoms with Gasteiger partial charge in [0, 0.05) is 16.7 Å². The first-order chi connectivity index (χ1) is 5.63. The molecule has 2 heteroatoms. The van der Waals surface area contributed by atoms with E-state index in [4.69, 9.17) is 0 Å². The molecule has 0 saturated carbocycles. The maximum Gasteiger partial charge on any atom is 0.131 e. The van der Waals surface area contributed by atoms with Crippen LogP contribution in [-0.2, 0) is 0 Å². The molecule has 1 aliphatic carbocycles. The van der Waals surface area contributed by atoms with Crippen LogP contribution >= 0.6 is 12.6 Å². The van der Waals surface area contributed by atoms with E-state index in [1.807, 2.05) is 26.0 Å². The van der Waals surface area contributed by atoms with Crippen LogP contribution in [0.3, 0.4) is 0 Å². The predicted octanol–water partition coefficient (Wildman–Crippen LogP) is 3.28. The fourth-order valence-electron chi connectivity index (χ4n) is 1.64. The minimum atomic E-state index is -0.0394. The molecule has 0 N–H and O–H groups in total. The number of hydrogen-bond acceptors (Lipinski definition) is 1. The standard InChI is InChI=1S/C10H11FS/c1-5-7-3-4-8(6(2)12)10(11)9(5)7/h3-6,12H,1-2H3. The van der Waals surface area contributed by atoms with Crippen LogP contribution < -0.4 is 0 Å². The third-order valence-corrected chi connectivity index (χ3v) is 2.79. The summed E-state index contributed by atoms with van der Waals surface area (Å²) in [4.78, 5) is 0. The van der Waals surface area contributed by atoms with Crippen LogP contribution in [0.2, 0.25) is 0 Å². The SMILES string of the molecule is CC(S)c1ccc2c(c1F)C2C. The average molecular weight is 182 g/mol. The Morgan fingerprint density at radius 2 is 2.17 bits per heavy atom. The Hall–Kier alpha value is -0.500. The minimum absolute atomic E-state index is 0.0110. The van der Waals surface area contributed by atoms with Crippen molar-refractivity contribution in [3.8, 4) is 0 Å². The molecular formula is C10H11FS. The lowest BCUT2D eigenvalue weighted by Gasteiger charge is -2.03. The quantitative estimate of drug-likeness (QED) is 0.633. The second-order valence-corrected chi connectivity index (χ2v) is 4.14. The molecule has 0 spiro atoms. The van der Waals surface area contributed by atoms with E-state index in [0.29, 0.717) is 5.92 Å². The zero-order valence-corrected chi connectivity index (χ0v) is 8.03. The van der Waals surface area contributed by atoms with E-state index >= 15 is 0 Å². The highest BCUT2D eigenvalue weighted by Crippen LogP contribution is 2.46. The first-order valence-electron chi connectivity index (χ1n) is 4.13. The van der Waals surface area contributed by atoms with Gasteiger partial charge in [-0.3, -0.25) is 0 Å². The highest BCUT2D eigenvalue weighted by atomic mass is 32.1. The van der Waals surface area contributed by atoms with Crippen molar-refractivity contribution in [1.29, 1.82) is 0 Å². The lowest BCUT2D eigenvalue weighted by Crippen LogP contribution is -1.89. The van der Waals surface area contributed by atoms with Crippen molar-refractivity contribution in [1.82, 2.24) is 0 Å². The Kier molecular flexibility index (Phi) is 1.69. The second-order valence-electron chi connectivity index (χ2n) is 3.37. The molecule has 1 aromatic rings. The summed E-state index contributed by atoms with van der Waals surface area (Å²) in [5.74, 6) is 0.299. The summed E-state index contributed by atoms with van der Waals surface area (Å²) >= 11 is 4.22. The number of halogens is 1. The fraction of sp³-hybridized carbons (Fsp3) is 0.400. The van der Waals surface area contributed by atoms with E-state index in [0.717, 1.165) is 16.7 Å². The maximum absolute atomic E-state index is 13.5. The van der Waals surface area contributed by atoms with Crippen LogP contribution in [0.5, 0.6) is 0 Å². The molecule has 2 rings (SSSR count). The van der Waals surface area contributed by atoms with Gasteiger partial charge in [0.2, 0.25) is 0 Å². The van der Waals surface area contributed by atoms with Gasteiger partial charge in [0.25, 0.3) is 0 Å². The molecule has 0 fully saturated rings. The van der Waals surface area contributed by atoms with Crippen molar-refractivity contribution in [3.63, 3.8) is 0 Å². The van der Waals surface area contributed by atoms with Gasteiger partial charge in [0.1, 0.15) is 5.82 Å². The number of thiol groups is 1. The molecule has 0 saturated heterocycles. The Bertz CT molecular complexity index is 331. The van der Waals surface area contributed by atoms with Crippen molar-refractivity contribution in [2.75, 3.05) is 0 Å². The molecular weight excluding hydrogens is 171 g/mol. The predicted molar refractivity (Wildman–Crippen MR) is 51.3 cm³/mol. The molecule has 0 bridgehead atoms. The van der Waals surface area contributed by atoms with Crippen molar-refractivity contribution in [2.24, 2.45) is 0 Å². The van der Waals surface area contributed by atoms with Crippen LogP contribution in [0.1, 0.15) is 41.7 Å². The first-order valence-corrected chi connectivity index (χ1v) is 4.64. The van der Waals surface area contributed by atoms with Gasteiger partial charge in [-0.15, -0.1) is 0 Å². The van der Waals surface area contributed by atoms with Gasteiger partial charge in [-0.1, -0.05) is 19.1 Å². The zero-order valence-electron chi connectivity index (χ0n) is 7.13. The molecule has 0 amide bonds. The molecule has 2 atom stereocenters. The number of hydrogen-bond donors (Lipinski definition) is 1. The van der Waals surface area contributed by atoms with E-state index in [1.165, 1.54) is 0 Å². The van der Waals surface area contributed by atoms with Gasteiger partial charge in [0.05, 0.1) is 0 Å². The molecule has 64 valence electrons. The summed E-state index contributed by atoms with van der Waals surface area (Å²) in [6.45, 7) is 3.92. The largest absolute Gasteiger partial charge is 0.206 e. The highest BCUT2D eigenvalue weighted by Gasteiger charge is 2.33. The number of fused-ring (bicyclic) bond motifs is 1. The van der Waals surface area contributed by atoms with Gasteiger partial charge in [-0.05, 0) is 18.1 Å². The van der Waals surface area contributed by atoms with Crippen molar-refractivity contribution >= 4 is 12.6 Å². The summed E-state index contributed by atoms with van der Waals surface area (Å²) in [6, 6.07) is 3.85. The first kappa shape index (κ1) is 8.11. The number of rotatable bonds is 1. The Balaban J connectivity index is 2.50. The van der Waals surface area contributed by atoms with Gasteiger partial charge >= 0.3 is 0 Å². The normalized spacial score (nSPS) is 21.8. The highest BCUT2D eigenvalue weighted by molar-refractivity contribution is 7.80. The van der Waals surface area contributed by atoms with Crippen molar-refractivity contribution in [2.45, 2.75) is 25.0 Å². The minimum Gasteiger partial charge on any atom is -0.206 e. The number of benzene rings is 1. The molecule has 0 aromatic heterocycles. The van der Waals surface area contributed by atoms with E-state index in [2.05, 4.69) is 12.6 Å². The molecule has 1 aliphatic rings. The molecule has 12 heavy (non-hydrogen) atoms. The summed E-state index contributed by atoms with van der Waals surface area (Å²) in [6.07, 6.45) is 0. The zero-order chi connectivity index (χ0) is 8.88. The molecule has 0 heterocycles. The molecule has 0 nitrogen and oxygen atoms in total. The summed E-state index contributed by atoms with van der Waals surface area (Å²) in [5.41, 5.74) is 2.78. The lowest BCUT2D eigenvalue weighted by atomic mass is 10.1. The summed E-state index contributed by atoms with van der Waals surface area (Å²) < 4.78 is 13.5. The van der Waals surface area contributed by atoms with Crippen molar-refractivity contribution < 1.29 is 4.39 Å². The third kappa shape index (κ3) is 0.977. The third-order valence-electron chi connectivity index (χ3n) is 2.51. The van der Waals surface area contributed by atoms with Crippen LogP contribution in [0, 0.1) is 5.82 Å². The Labute approximate surface area is 77.2 Å².